The smallest absolute Gasteiger partial charge is 0.322 e. The van der Waals surface area contributed by atoms with Gasteiger partial charge in [-0.2, -0.15) is 0 Å². The fraction of sp³-hybridized carbons (Fsp3) is 0.238. The third-order valence-corrected chi connectivity index (χ3v) is 5.78. The summed E-state index contributed by atoms with van der Waals surface area (Å²) >= 11 is 1.64. The summed E-state index contributed by atoms with van der Waals surface area (Å²) in [4.78, 5) is 20.1. The van der Waals surface area contributed by atoms with E-state index in [1.807, 2.05) is 34.5 Å². The molecule has 1 atom stereocenters. The Balaban J connectivity index is 1.73. The van der Waals surface area contributed by atoms with Crippen LogP contribution < -0.4 is 14.8 Å². The number of fused-ring (bicyclic) bond motifs is 1. The number of benzene rings is 1. The van der Waals surface area contributed by atoms with Crippen LogP contribution in [0.3, 0.4) is 0 Å². The number of nitrogens with zero attached hydrogens (tertiary/aromatic N) is 2. The van der Waals surface area contributed by atoms with Crippen molar-refractivity contribution >= 4 is 23.1 Å². The third-order valence-electron chi connectivity index (χ3n) is 4.86. The van der Waals surface area contributed by atoms with Crippen LogP contribution in [0, 0.1) is 0 Å². The molecule has 0 radical (unpaired) electrons. The first-order valence-electron chi connectivity index (χ1n) is 8.97. The van der Waals surface area contributed by atoms with Crippen LogP contribution in [0.15, 0.2) is 54.2 Å². The van der Waals surface area contributed by atoms with Crippen LogP contribution in [0.1, 0.15) is 22.0 Å². The summed E-state index contributed by atoms with van der Waals surface area (Å²) in [5.74, 6) is 1.37. The SMILES string of the molecule is COc1cc2c(cc1OC)C(c1cccs1)N(C(=O)Nc1cccnc1)CC2. The zero-order chi connectivity index (χ0) is 19.5. The summed E-state index contributed by atoms with van der Waals surface area (Å²) in [6.07, 6.45) is 4.07. The zero-order valence-corrected chi connectivity index (χ0v) is 16.5. The number of ether oxygens (including phenoxy) is 2. The number of aromatic nitrogens is 1. The molecule has 6 nitrogen and oxygen atoms in total. The van der Waals surface area contributed by atoms with Crippen molar-refractivity contribution < 1.29 is 14.3 Å². The van der Waals surface area contributed by atoms with Gasteiger partial charge in [-0.05, 0) is 53.3 Å². The summed E-state index contributed by atoms with van der Waals surface area (Å²) in [6.45, 7) is 0.608. The maximum atomic E-state index is 13.1. The number of hydrogen-bond acceptors (Lipinski definition) is 5. The fourth-order valence-corrected chi connectivity index (χ4v) is 4.40. The lowest BCUT2D eigenvalue weighted by Gasteiger charge is -2.37. The third kappa shape index (κ3) is 3.41. The Hall–Kier alpha value is -3.06. The first kappa shape index (κ1) is 18.3. The van der Waals surface area contributed by atoms with E-state index in [1.54, 1.807) is 44.0 Å². The second-order valence-corrected chi connectivity index (χ2v) is 7.42. The van der Waals surface area contributed by atoms with Gasteiger partial charge in [-0.1, -0.05) is 6.07 Å². The summed E-state index contributed by atoms with van der Waals surface area (Å²) < 4.78 is 11.0. The topological polar surface area (TPSA) is 63.7 Å². The average molecular weight is 395 g/mol. The van der Waals surface area contributed by atoms with Gasteiger partial charge in [0.1, 0.15) is 0 Å². The van der Waals surface area contributed by atoms with Gasteiger partial charge in [-0.3, -0.25) is 4.98 Å². The Morgan fingerprint density at radius 3 is 2.71 bits per heavy atom. The summed E-state index contributed by atoms with van der Waals surface area (Å²) in [6, 6.07) is 11.4. The molecule has 4 rings (SSSR count). The van der Waals surface area contributed by atoms with E-state index in [9.17, 15) is 4.79 Å². The number of thiophene rings is 1. The highest BCUT2D eigenvalue weighted by atomic mass is 32.1. The van der Waals surface area contributed by atoms with E-state index >= 15 is 0 Å². The van der Waals surface area contributed by atoms with Gasteiger partial charge in [0.25, 0.3) is 0 Å². The highest BCUT2D eigenvalue weighted by molar-refractivity contribution is 7.10. The molecule has 1 aliphatic heterocycles. The number of nitrogens with one attached hydrogen (secondary N) is 1. The zero-order valence-electron chi connectivity index (χ0n) is 15.7. The number of methoxy groups -OCH3 is 2. The van der Waals surface area contributed by atoms with Crippen molar-refractivity contribution in [1.29, 1.82) is 0 Å². The first-order valence-corrected chi connectivity index (χ1v) is 9.85. The molecule has 2 amide bonds. The second kappa shape index (κ2) is 7.90. The molecule has 0 saturated carbocycles. The minimum atomic E-state index is -0.180. The van der Waals surface area contributed by atoms with Crippen LogP contribution in [0.2, 0.25) is 0 Å². The Labute approximate surface area is 167 Å². The predicted molar refractivity (Wildman–Crippen MR) is 109 cm³/mol. The predicted octanol–water partition coefficient (Wildman–Crippen LogP) is 4.34. The number of hydrogen-bond donors (Lipinski definition) is 1. The number of amides is 2. The van der Waals surface area contributed by atoms with Crippen LogP contribution in [0.4, 0.5) is 10.5 Å². The van der Waals surface area contributed by atoms with Gasteiger partial charge < -0.3 is 19.7 Å². The lowest BCUT2D eigenvalue weighted by atomic mass is 9.91. The minimum Gasteiger partial charge on any atom is -0.493 e. The lowest BCUT2D eigenvalue weighted by molar-refractivity contribution is 0.194. The van der Waals surface area contributed by atoms with Gasteiger partial charge >= 0.3 is 6.03 Å². The molecular formula is C21H21N3O3S. The fourth-order valence-electron chi connectivity index (χ4n) is 3.55. The van der Waals surface area contributed by atoms with Crippen molar-refractivity contribution in [2.75, 3.05) is 26.1 Å². The quantitative estimate of drug-likeness (QED) is 0.714. The summed E-state index contributed by atoms with van der Waals surface area (Å²) in [5.41, 5.74) is 2.91. The van der Waals surface area contributed by atoms with Crippen molar-refractivity contribution in [3.8, 4) is 11.5 Å². The van der Waals surface area contributed by atoms with Gasteiger partial charge in [0.05, 0.1) is 32.1 Å². The molecule has 1 unspecified atom stereocenters. The number of carbonyl (C=O) groups excluding carboxylic acids is 1. The average Bonchev–Trinajstić information content (AvgIpc) is 3.26. The lowest BCUT2D eigenvalue weighted by Crippen LogP contribution is -2.42. The van der Waals surface area contributed by atoms with Crippen LogP contribution in [-0.2, 0) is 6.42 Å². The minimum absolute atomic E-state index is 0.146. The molecule has 0 spiro atoms. The summed E-state index contributed by atoms with van der Waals surface area (Å²) in [5, 5.41) is 4.99. The molecule has 1 aromatic carbocycles. The first-order chi connectivity index (χ1) is 13.7. The van der Waals surface area contributed by atoms with Crippen LogP contribution in [-0.4, -0.2) is 36.7 Å². The molecule has 2 aromatic heterocycles. The Morgan fingerprint density at radius 2 is 2.04 bits per heavy atom. The van der Waals surface area contributed by atoms with Gasteiger partial charge in [-0.15, -0.1) is 11.3 Å². The largest absolute Gasteiger partial charge is 0.493 e. The monoisotopic (exact) mass is 395 g/mol. The highest BCUT2D eigenvalue weighted by Gasteiger charge is 2.34. The molecular weight excluding hydrogens is 374 g/mol. The number of carbonyl (C=O) groups is 1. The van der Waals surface area contributed by atoms with Gasteiger partial charge in [0, 0.05) is 17.6 Å². The highest BCUT2D eigenvalue weighted by Crippen LogP contribution is 2.42. The number of rotatable bonds is 4. The van der Waals surface area contributed by atoms with Crippen LogP contribution >= 0.6 is 11.3 Å². The molecule has 1 aliphatic rings. The van der Waals surface area contributed by atoms with E-state index in [1.165, 1.54) is 5.56 Å². The standard InChI is InChI=1S/C21H21N3O3S/c1-26-17-11-14-7-9-24(21(25)23-15-5-3-8-22-13-15)20(19-6-4-10-28-19)16(14)12-18(17)27-2/h3-6,8,10-13,20H,7,9H2,1-2H3,(H,23,25). The Bertz CT molecular complexity index is 961. The normalized spacial score (nSPS) is 15.6. The Kier molecular flexibility index (Phi) is 5.16. The van der Waals surface area contributed by atoms with Crippen molar-refractivity contribution in [3.05, 3.63) is 70.2 Å². The van der Waals surface area contributed by atoms with E-state index in [-0.39, 0.29) is 12.1 Å². The Morgan fingerprint density at radius 1 is 1.21 bits per heavy atom. The number of urea groups is 1. The van der Waals surface area contributed by atoms with Crippen molar-refractivity contribution in [2.24, 2.45) is 0 Å². The van der Waals surface area contributed by atoms with E-state index < -0.39 is 0 Å². The van der Waals surface area contributed by atoms with E-state index in [0.717, 1.165) is 16.9 Å². The van der Waals surface area contributed by atoms with Crippen molar-refractivity contribution in [3.63, 3.8) is 0 Å². The molecule has 0 bridgehead atoms. The van der Waals surface area contributed by atoms with Gasteiger partial charge in [-0.25, -0.2) is 4.79 Å². The second-order valence-electron chi connectivity index (χ2n) is 6.44. The molecule has 3 heterocycles. The molecule has 144 valence electrons. The summed E-state index contributed by atoms with van der Waals surface area (Å²) in [7, 11) is 3.26. The maximum absolute atomic E-state index is 13.1. The molecule has 1 N–H and O–H groups in total. The van der Waals surface area contributed by atoms with Crippen LogP contribution in [0.5, 0.6) is 11.5 Å². The number of anilines is 1. The molecule has 28 heavy (non-hydrogen) atoms. The van der Waals surface area contributed by atoms with Crippen molar-refractivity contribution in [2.45, 2.75) is 12.5 Å². The van der Waals surface area contributed by atoms with Crippen LogP contribution in [0.25, 0.3) is 0 Å². The molecule has 0 saturated heterocycles. The van der Waals surface area contributed by atoms with E-state index in [2.05, 4.69) is 16.4 Å². The molecule has 3 aromatic rings. The van der Waals surface area contributed by atoms with E-state index in [0.29, 0.717) is 23.7 Å². The number of pyridine rings is 1. The maximum Gasteiger partial charge on any atom is 0.322 e. The molecule has 0 aliphatic carbocycles. The van der Waals surface area contributed by atoms with Gasteiger partial charge in [0.2, 0.25) is 0 Å². The molecule has 0 fully saturated rings. The van der Waals surface area contributed by atoms with Gasteiger partial charge in [0.15, 0.2) is 11.5 Å². The van der Waals surface area contributed by atoms with E-state index in [4.69, 9.17) is 9.47 Å². The van der Waals surface area contributed by atoms with Crippen molar-refractivity contribution in [1.82, 2.24) is 9.88 Å². The molecule has 7 heteroatoms.